The maximum absolute atomic E-state index is 13.1. The Bertz CT molecular complexity index is 1000. The summed E-state index contributed by atoms with van der Waals surface area (Å²) < 4.78 is 0. The lowest BCUT2D eigenvalue weighted by Crippen LogP contribution is -2.32. The van der Waals surface area contributed by atoms with Gasteiger partial charge in [-0.15, -0.1) is 0 Å². The predicted molar refractivity (Wildman–Crippen MR) is 133 cm³/mol. The monoisotopic (exact) mass is 426 g/mol. The van der Waals surface area contributed by atoms with Crippen LogP contribution < -0.4 is 10.2 Å². The molecule has 4 rings (SSSR count). The molecule has 1 saturated heterocycles. The number of benzene rings is 3. The van der Waals surface area contributed by atoms with Gasteiger partial charge < -0.3 is 10.2 Å². The van der Waals surface area contributed by atoms with E-state index in [4.69, 9.17) is 0 Å². The van der Waals surface area contributed by atoms with Crippen LogP contribution in [0.2, 0.25) is 0 Å². The number of nitrogens with one attached hydrogen (secondary N) is 1. The van der Waals surface area contributed by atoms with E-state index in [1.807, 2.05) is 24.3 Å². The van der Waals surface area contributed by atoms with Crippen LogP contribution in [0.5, 0.6) is 0 Å². The van der Waals surface area contributed by atoms with Gasteiger partial charge in [0.15, 0.2) is 0 Å². The average molecular weight is 427 g/mol. The quantitative estimate of drug-likeness (QED) is 0.488. The van der Waals surface area contributed by atoms with Gasteiger partial charge in [0, 0.05) is 24.3 Å². The van der Waals surface area contributed by atoms with Crippen LogP contribution in [0.1, 0.15) is 59.8 Å². The van der Waals surface area contributed by atoms with Crippen LogP contribution in [0.3, 0.4) is 0 Å². The van der Waals surface area contributed by atoms with Crippen LogP contribution in [0.15, 0.2) is 78.9 Å². The molecule has 0 saturated carbocycles. The fourth-order valence-electron chi connectivity index (χ4n) is 4.48. The summed E-state index contributed by atoms with van der Waals surface area (Å²) in [7, 11) is 0. The van der Waals surface area contributed by atoms with Crippen LogP contribution in [-0.2, 0) is 12.8 Å². The van der Waals surface area contributed by atoms with Gasteiger partial charge in [-0.1, -0.05) is 67.6 Å². The van der Waals surface area contributed by atoms with E-state index in [0.29, 0.717) is 0 Å². The van der Waals surface area contributed by atoms with E-state index in [-0.39, 0.29) is 11.9 Å². The van der Waals surface area contributed by atoms with Crippen molar-refractivity contribution in [2.75, 3.05) is 18.0 Å². The number of nitrogens with zero attached hydrogens (tertiary/aromatic N) is 1. The van der Waals surface area contributed by atoms with Crippen LogP contribution in [-0.4, -0.2) is 19.0 Å². The Balaban J connectivity index is 1.38. The van der Waals surface area contributed by atoms with Gasteiger partial charge in [-0.3, -0.25) is 4.79 Å². The fraction of sp³-hybridized carbons (Fsp3) is 0.345. The summed E-state index contributed by atoms with van der Waals surface area (Å²) in [5.41, 5.74) is 5.57. The van der Waals surface area contributed by atoms with Crippen molar-refractivity contribution in [2.45, 2.75) is 45.6 Å². The number of rotatable bonds is 7. The molecular weight excluding hydrogens is 392 g/mol. The third-order valence-electron chi connectivity index (χ3n) is 6.68. The smallest absolute Gasteiger partial charge is 0.252 e. The number of piperidine rings is 1. The first-order valence-electron chi connectivity index (χ1n) is 11.9. The lowest BCUT2D eigenvalue weighted by molar-refractivity contribution is 0.0939. The number of carbonyl (C=O) groups excluding carboxylic acids is 1. The molecule has 166 valence electrons. The molecule has 0 aliphatic carbocycles. The highest BCUT2D eigenvalue weighted by Crippen LogP contribution is 2.25. The molecule has 3 nitrogen and oxygen atoms in total. The molecule has 1 amide bonds. The van der Waals surface area contributed by atoms with Gasteiger partial charge >= 0.3 is 0 Å². The molecule has 1 atom stereocenters. The van der Waals surface area contributed by atoms with E-state index in [1.54, 1.807) is 0 Å². The number of aryl methyl sites for hydroxylation is 2. The highest BCUT2D eigenvalue weighted by atomic mass is 16.1. The number of amides is 1. The van der Waals surface area contributed by atoms with Crippen LogP contribution in [0, 0.1) is 5.92 Å². The van der Waals surface area contributed by atoms with E-state index in [9.17, 15) is 4.79 Å². The second kappa shape index (κ2) is 10.5. The largest absolute Gasteiger partial charge is 0.372 e. The van der Waals surface area contributed by atoms with Gasteiger partial charge in [-0.2, -0.15) is 0 Å². The zero-order valence-corrected chi connectivity index (χ0v) is 19.3. The number of anilines is 1. The summed E-state index contributed by atoms with van der Waals surface area (Å²) in [5, 5.41) is 3.20. The Morgan fingerprint density at radius 1 is 0.906 bits per heavy atom. The minimum Gasteiger partial charge on any atom is -0.372 e. The van der Waals surface area contributed by atoms with Crippen molar-refractivity contribution in [1.29, 1.82) is 0 Å². The Hall–Kier alpha value is -3.07. The lowest BCUT2D eigenvalue weighted by atomic mass is 9.98. The molecule has 1 aliphatic heterocycles. The summed E-state index contributed by atoms with van der Waals surface area (Å²) in [6.45, 7) is 6.66. The van der Waals surface area contributed by atoms with Gasteiger partial charge in [-0.25, -0.2) is 0 Å². The van der Waals surface area contributed by atoms with Gasteiger partial charge in [0.05, 0.1) is 6.04 Å². The summed E-state index contributed by atoms with van der Waals surface area (Å²) >= 11 is 0. The van der Waals surface area contributed by atoms with Gasteiger partial charge in [-0.05, 0) is 73.4 Å². The molecule has 1 N–H and O–H groups in total. The molecule has 3 heteroatoms. The first kappa shape index (κ1) is 22.1. The Kier molecular flexibility index (Phi) is 7.26. The topological polar surface area (TPSA) is 32.3 Å². The van der Waals surface area contributed by atoms with Crippen molar-refractivity contribution < 1.29 is 4.79 Å². The molecular formula is C29H34N2O. The van der Waals surface area contributed by atoms with Gasteiger partial charge in [0.25, 0.3) is 5.91 Å². The van der Waals surface area contributed by atoms with Gasteiger partial charge in [0.2, 0.25) is 0 Å². The third-order valence-corrected chi connectivity index (χ3v) is 6.68. The standard InChI is InChI=1S/C29H34N2O/c1-22-18-20-31(21-19-22)27-16-14-25(15-17-27)23(2)30-29(32)28-11-7-6-10-26(28)13-12-24-8-4-3-5-9-24/h3-11,14-17,22-23H,12-13,18-21H2,1-2H3,(H,30,32)/t23-/m0/s1. The van der Waals surface area contributed by atoms with Crippen molar-refractivity contribution in [3.63, 3.8) is 0 Å². The molecule has 3 aromatic rings. The van der Waals surface area contributed by atoms with E-state index < -0.39 is 0 Å². The second-order valence-electron chi connectivity index (χ2n) is 9.10. The molecule has 3 aromatic carbocycles. The van der Waals surface area contributed by atoms with Crippen LogP contribution in [0.25, 0.3) is 0 Å². The third kappa shape index (κ3) is 5.59. The van der Waals surface area contributed by atoms with Crippen molar-refractivity contribution in [1.82, 2.24) is 5.32 Å². The van der Waals surface area contributed by atoms with E-state index >= 15 is 0 Å². The van der Waals surface area contributed by atoms with Crippen LogP contribution in [0.4, 0.5) is 5.69 Å². The summed E-state index contributed by atoms with van der Waals surface area (Å²) in [6.07, 6.45) is 4.30. The molecule has 1 fully saturated rings. The number of hydrogen-bond acceptors (Lipinski definition) is 2. The lowest BCUT2D eigenvalue weighted by Gasteiger charge is -2.32. The van der Waals surface area contributed by atoms with Crippen molar-refractivity contribution in [3.8, 4) is 0 Å². The van der Waals surface area contributed by atoms with E-state index in [1.165, 1.54) is 24.1 Å². The maximum Gasteiger partial charge on any atom is 0.252 e. The Morgan fingerprint density at radius 3 is 2.28 bits per heavy atom. The molecule has 32 heavy (non-hydrogen) atoms. The minimum absolute atomic E-state index is 0.00439. The van der Waals surface area contributed by atoms with Crippen molar-refractivity contribution in [2.24, 2.45) is 5.92 Å². The van der Waals surface area contributed by atoms with Crippen molar-refractivity contribution in [3.05, 3.63) is 101 Å². The molecule has 0 unspecified atom stereocenters. The summed E-state index contributed by atoms with van der Waals surface area (Å²) in [5.74, 6) is 0.826. The highest BCUT2D eigenvalue weighted by Gasteiger charge is 2.17. The Labute approximate surface area is 192 Å². The first-order valence-corrected chi connectivity index (χ1v) is 11.9. The summed E-state index contributed by atoms with van der Waals surface area (Å²) in [4.78, 5) is 15.6. The number of carbonyl (C=O) groups is 1. The summed E-state index contributed by atoms with van der Waals surface area (Å²) in [6, 6.07) is 27.0. The SMILES string of the molecule is CC1CCN(c2ccc([C@H](C)NC(=O)c3ccccc3CCc3ccccc3)cc2)CC1. The zero-order valence-electron chi connectivity index (χ0n) is 19.3. The molecule has 1 aliphatic rings. The fourth-order valence-corrected chi connectivity index (χ4v) is 4.48. The van der Waals surface area contributed by atoms with Gasteiger partial charge in [0.1, 0.15) is 0 Å². The molecule has 0 spiro atoms. The highest BCUT2D eigenvalue weighted by molar-refractivity contribution is 5.96. The normalized spacial score (nSPS) is 15.4. The molecule has 0 bridgehead atoms. The molecule has 1 heterocycles. The van der Waals surface area contributed by atoms with E-state index in [0.717, 1.165) is 48.5 Å². The number of hydrogen-bond donors (Lipinski definition) is 1. The minimum atomic E-state index is -0.0416. The Morgan fingerprint density at radius 2 is 1.56 bits per heavy atom. The molecule has 0 radical (unpaired) electrons. The average Bonchev–Trinajstić information content (AvgIpc) is 2.84. The maximum atomic E-state index is 13.1. The molecule has 0 aromatic heterocycles. The predicted octanol–water partition coefficient (Wildman–Crippen LogP) is 6.20. The zero-order chi connectivity index (χ0) is 22.3. The first-order chi connectivity index (χ1) is 15.6. The van der Waals surface area contributed by atoms with E-state index in [2.05, 4.69) is 78.7 Å². The van der Waals surface area contributed by atoms with Crippen molar-refractivity contribution >= 4 is 11.6 Å². The second-order valence-corrected chi connectivity index (χ2v) is 9.10. The van der Waals surface area contributed by atoms with Crippen LogP contribution >= 0.6 is 0 Å².